The van der Waals surface area contributed by atoms with Gasteiger partial charge in [-0.3, -0.25) is 0 Å². The molecule has 2 nitrogen and oxygen atoms in total. The molecule has 0 unspecified atom stereocenters. The maximum absolute atomic E-state index is 8.39. The van der Waals surface area contributed by atoms with Crippen molar-refractivity contribution in [1.29, 1.82) is 10.5 Å². The molecule has 1 aliphatic rings. The smallest absolute Gasteiger partial charge is 0.136 e. The second-order valence-corrected chi connectivity index (χ2v) is 2.43. The zero-order valence-electron chi connectivity index (χ0n) is 5.17. The third-order valence-electron chi connectivity index (χ3n) is 1.90. The predicted molar refractivity (Wildman–Crippen MR) is 32.1 cm³/mol. The van der Waals surface area contributed by atoms with Gasteiger partial charge in [-0.1, -0.05) is 6.42 Å². The lowest BCUT2D eigenvalue weighted by Gasteiger charge is -2.25. The van der Waals surface area contributed by atoms with E-state index in [0.717, 1.165) is 12.8 Å². The molecule has 1 saturated carbocycles. The Morgan fingerprint density at radius 3 is 1.89 bits per heavy atom. The van der Waals surface area contributed by atoms with Gasteiger partial charge in [0.05, 0.1) is 12.1 Å². The molecule has 0 N–H and O–H groups in total. The van der Waals surface area contributed by atoms with Gasteiger partial charge in [0.25, 0.3) is 0 Å². The molecule has 0 spiro atoms. The van der Waals surface area contributed by atoms with Crippen LogP contribution < -0.4 is 0 Å². The third-order valence-corrected chi connectivity index (χ3v) is 1.90. The number of rotatable bonds is 1. The van der Waals surface area contributed by atoms with Crippen molar-refractivity contribution in [3.05, 3.63) is 0 Å². The van der Waals surface area contributed by atoms with E-state index in [1.807, 2.05) is 12.1 Å². The predicted octanol–water partition coefficient (Wildman–Crippen LogP) is 1.45. The van der Waals surface area contributed by atoms with Gasteiger partial charge in [0.1, 0.15) is 5.92 Å². The molecule has 0 aromatic rings. The zero-order chi connectivity index (χ0) is 6.69. The normalized spacial score (nSPS) is 18.1. The molecule has 1 aliphatic carbocycles. The lowest BCUT2D eigenvalue weighted by molar-refractivity contribution is 0.282. The van der Waals surface area contributed by atoms with Crippen molar-refractivity contribution >= 4 is 0 Å². The maximum atomic E-state index is 8.39. The summed E-state index contributed by atoms with van der Waals surface area (Å²) in [4.78, 5) is 0. The highest BCUT2D eigenvalue weighted by atomic mass is 14.4. The lowest BCUT2D eigenvalue weighted by atomic mass is 9.77. The minimum Gasteiger partial charge on any atom is -0.197 e. The van der Waals surface area contributed by atoms with Gasteiger partial charge in [0.15, 0.2) is 0 Å². The van der Waals surface area contributed by atoms with Crippen molar-refractivity contribution in [2.45, 2.75) is 19.3 Å². The van der Waals surface area contributed by atoms with E-state index in [1.165, 1.54) is 6.42 Å². The van der Waals surface area contributed by atoms with Crippen molar-refractivity contribution in [2.75, 3.05) is 0 Å². The molecule has 0 aromatic heterocycles. The fourth-order valence-corrected chi connectivity index (χ4v) is 1.01. The lowest BCUT2D eigenvalue weighted by Crippen LogP contribution is -2.19. The van der Waals surface area contributed by atoms with Crippen LogP contribution in [-0.2, 0) is 0 Å². The second kappa shape index (κ2) is 2.51. The van der Waals surface area contributed by atoms with E-state index < -0.39 is 0 Å². The molecule has 0 amide bonds. The van der Waals surface area contributed by atoms with Crippen LogP contribution in [-0.4, -0.2) is 0 Å². The minimum atomic E-state index is -0.334. The van der Waals surface area contributed by atoms with Gasteiger partial charge in [0, 0.05) is 0 Å². The molecule has 0 atom stereocenters. The van der Waals surface area contributed by atoms with Gasteiger partial charge in [-0.05, 0) is 18.8 Å². The summed E-state index contributed by atoms with van der Waals surface area (Å²) in [5.41, 5.74) is 0. The van der Waals surface area contributed by atoms with E-state index in [4.69, 9.17) is 10.5 Å². The minimum absolute atomic E-state index is 0.334. The molecule has 1 rings (SSSR count). The first-order valence-corrected chi connectivity index (χ1v) is 3.17. The summed E-state index contributed by atoms with van der Waals surface area (Å²) in [5.74, 6) is 0.0544. The molecule has 0 saturated heterocycles. The summed E-state index contributed by atoms with van der Waals surface area (Å²) in [7, 11) is 0. The second-order valence-electron chi connectivity index (χ2n) is 2.43. The first kappa shape index (κ1) is 6.11. The highest BCUT2D eigenvalue weighted by Crippen LogP contribution is 2.32. The number of hydrogen-bond acceptors (Lipinski definition) is 2. The molecule has 0 radical (unpaired) electrons. The summed E-state index contributed by atoms with van der Waals surface area (Å²) in [5, 5.41) is 16.8. The molecule has 0 aromatic carbocycles. The average Bonchev–Trinajstić information content (AvgIpc) is 1.78. The Bertz CT molecular complexity index is 154. The quantitative estimate of drug-likeness (QED) is 0.525. The van der Waals surface area contributed by atoms with Crippen LogP contribution in [0.5, 0.6) is 0 Å². The number of nitriles is 2. The highest BCUT2D eigenvalue weighted by Gasteiger charge is 2.26. The van der Waals surface area contributed by atoms with Crippen molar-refractivity contribution < 1.29 is 0 Å². The Morgan fingerprint density at radius 1 is 1.22 bits per heavy atom. The van der Waals surface area contributed by atoms with E-state index >= 15 is 0 Å². The summed E-state index contributed by atoms with van der Waals surface area (Å²) in [6.45, 7) is 0. The van der Waals surface area contributed by atoms with E-state index in [1.54, 1.807) is 0 Å². The monoisotopic (exact) mass is 120 g/mol. The Balaban J connectivity index is 2.41. The van der Waals surface area contributed by atoms with Crippen molar-refractivity contribution in [3.8, 4) is 12.1 Å². The first-order valence-electron chi connectivity index (χ1n) is 3.17. The molecule has 0 bridgehead atoms. The number of nitrogens with zero attached hydrogens (tertiary/aromatic N) is 2. The van der Waals surface area contributed by atoms with Crippen LogP contribution in [0.3, 0.4) is 0 Å². The van der Waals surface area contributed by atoms with Crippen LogP contribution >= 0.6 is 0 Å². The van der Waals surface area contributed by atoms with Gasteiger partial charge in [-0.2, -0.15) is 10.5 Å². The topological polar surface area (TPSA) is 47.6 Å². The first-order chi connectivity index (χ1) is 4.38. The molecular formula is C7H8N2. The molecule has 2 heteroatoms. The van der Waals surface area contributed by atoms with Crippen molar-refractivity contribution in [1.82, 2.24) is 0 Å². The molecule has 0 heterocycles. The zero-order valence-corrected chi connectivity index (χ0v) is 5.17. The SMILES string of the molecule is N#CC(C#N)C1CCC1. The standard InChI is InChI=1S/C7H8N2/c8-4-7(5-9)6-2-1-3-6/h6-7H,1-3H2. The molecule has 1 fully saturated rings. The summed E-state index contributed by atoms with van der Waals surface area (Å²) >= 11 is 0. The van der Waals surface area contributed by atoms with Crippen LogP contribution in [0.25, 0.3) is 0 Å². The summed E-state index contributed by atoms with van der Waals surface area (Å²) in [6.07, 6.45) is 3.35. The Hall–Kier alpha value is -1.02. The van der Waals surface area contributed by atoms with Crippen LogP contribution in [0.15, 0.2) is 0 Å². The van der Waals surface area contributed by atoms with Gasteiger partial charge in [-0.25, -0.2) is 0 Å². The molecule has 9 heavy (non-hydrogen) atoms. The largest absolute Gasteiger partial charge is 0.197 e. The van der Waals surface area contributed by atoms with Crippen LogP contribution in [0.1, 0.15) is 19.3 Å². The highest BCUT2D eigenvalue weighted by molar-refractivity contribution is 5.04. The third kappa shape index (κ3) is 1.03. The van der Waals surface area contributed by atoms with Gasteiger partial charge in [0.2, 0.25) is 0 Å². The summed E-state index contributed by atoms with van der Waals surface area (Å²) in [6, 6.07) is 3.99. The average molecular weight is 120 g/mol. The Morgan fingerprint density at radius 2 is 1.78 bits per heavy atom. The van der Waals surface area contributed by atoms with Gasteiger partial charge < -0.3 is 0 Å². The molecule has 0 aliphatic heterocycles. The van der Waals surface area contributed by atoms with E-state index in [0.29, 0.717) is 5.92 Å². The van der Waals surface area contributed by atoms with E-state index in [-0.39, 0.29) is 5.92 Å². The van der Waals surface area contributed by atoms with Crippen molar-refractivity contribution in [2.24, 2.45) is 11.8 Å². The van der Waals surface area contributed by atoms with Crippen LogP contribution in [0.4, 0.5) is 0 Å². The van der Waals surface area contributed by atoms with Gasteiger partial charge in [-0.15, -0.1) is 0 Å². The summed E-state index contributed by atoms with van der Waals surface area (Å²) < 4.78 is 0. The molecular weight excluding hydrogens is 112 g/mol. The van der Waals surface area contributed by atoms with E-state index in [9.17, 15) is 0 Å². The van der Waals surface area contributed by atoms with Crippen LogP contribution in [0.2, 0.25) is 0 Å². The molecule has 46 valence electrons. The Kier molecular flexibility index (Phi) is 1.70. The van der Waals surface area contributed by atoms with Gasteiger partial charge >= 0.3 is 0 Å². The van der Waals surface area contributed by atoms with Crippen molar-refractivity contribution in [3.63, 3.8) is 0 Å². The number of hydrogen-bond donors (Lipinski definition) is 0. The fraction of sp³-hybridized carbons (Fsp3) is 0.714. The van der Waals surface area contributed by atoms with E-state index in [2.05, 4.69) is 0 Å². The fourth-order valence-electron chi connectivity index (χ4n) is 1.01. The van der Waals surface area contributed by atoms with Crippen LogP contribution in [0, 0.1) is 34.5 Å². The maximum Gasteiger partial charge on any atom is 0.136 e. The Labute approximate surface area is 54.7 Å².